The number of anilines is 1. The quantitative estimate of drug-likeness (QED) is 0.900. The van der Waals surface area contributed by atoms with Crippen LogP contribution in [-0.4, -0.2) is 30.3 Å². The van der Waals surface area contributed by atoms with Gasteiger partial charge in [0.05, 0.1) is 17.9 Å². The first-order chi connectivity index (χ1) is 12.4. The number of hydroxylamine groups is 1. The van der Waals surface area contributed by atoms with Crippen molar-refractivity contribution in [2.45, 2.75) is 20.0 Å². The van der Waals surface area contributed by atoms with Crippen LogP contribution < -0.4 is 10.4 Å². The molecule has 0 saturated carbocycles. The van der Waals surface area contributed by atoms with Crippen molar-refractivity contribution in [3.63, 3.8) is 0 Å². The van der Waals surface area contributed by atoms with Gasteiger partial charge in [-0.3, -0.25) is 14.6 Å². The highest BCUT2D eigenvalue weighted by Gasteiger charge is 2.27. The molecule has 1 atom stereocenters. The molecule has 3 rings (SSSR count). The molecule has 0 aromatic heterocycles. The average molecular weight is 372 g/mol. The minimum atomic E-state index is -0.590. The van der Waals surface area contributed by atoms with Crippen LogP contribution in [0.4, 0.5) is 5.69 Å². The molecule has 1 aliphatic rings. The number of hydrogen-bond acceptors (Lipinski definition) is 5. The number of carbonyl (C=O) groups is 2. The van der Waals surface area contributed by atoms with Gasteiger partial charge in [0.2, 0.25) is 5.91 Å². The van der Waals surface area contributed by atoms with Gasteiger partial charge in [-0.1, -0.05) is 41.9 Å². The molecule has 1 amide bonds. The molecule has 0 saturated heterocycles. The largest absolute Gasteiger partial charge is 0.341 e. The highest BCUT2D eigenvalue weighted by molar-refractivity contribution is 6.31. The van der Waals surface area contributed by atoms with Crippen molar-refractivity contribution in [1.29, 1.82) is 0 Å². The van der Waals surface area contributed by atoms with E-state index in [-0.39, 0.29) is 12.5 Å². The molecule has 6 nitrogen and oxygen atoms in total. The number of hydrogen-bond donors (Lipinski definition) is 1. The Kier molecular flexibility index (Phi) is 5.23. The third kappa shape index (κ3) is 4.03. The molecular formula is C19H18ClN3O3. The SMILES string of the molecule is CC(=O)NC1CN(OC(C)=O)c2ccc(Cl)cc2C(c2ccccc2)=N1. The van der Waals surface area contributed by atoms with Gasteiger partial charge in [0, 0.05) is 30.0 Å². The van der Waals surface area contributed by atoms with Crippen LogP contribution in [-0.2, 0) is 14.4 Å². The van der Waals surface area contributed by atoms with Crippen LogP contribution in [0.25, 0.3) is 0 Å². The summed E-state index contributed by atoms with van der Waals surface area (Å²) in [5, 5.41) is 4.76. The number of rotatable bonds is 3. The van der Waals surface area contributed by atoms with Crippen LogP contribution in [0.2, 0.25) is 5.02 Å². The van der Waals surface area contributed by atoms with E-state index in [0.717, 1.165) is 11.1 Å². The van der Waals surface area contributed by atoms with E-state index < -0.39 is 12.1 Å². The summed E-state index contributed by atoms with van der Waals surface area (Å²) < 4.78 is 0. The molecule has 0 aliphatic carbocycles. The van der Waals surface area contributed by atoms with E-state index in [1.807, 2.05) is 30.3 Å². The van der Waals surface area contributed by atoms with Crippen LogP contribution in [0.1, 0.15) is 25.0 Å². The molecule has 0 radical (unpaired) electrons. The fourth-order valence-electron chi connectivity index (χ4n) is 2.82. The van der Waals surface area contributed by atoms with Crippen LogP contribution in [0.3, 0.4) is 0 Å². The molecule has 7 heteroatoms. The zero-order chi connectivity index (χ0) is 18.7. The van der Waals surface area contributed by atoms with Gasteiger partial charge in [-0.25, -0.2) is 5.06 Å². The minimum Gasteiger partial charge on any atom is -0.341 e. The first kappa shape index (κ1) is 17.9. The lowest BCUT2D eigenvalue weighted by molar-refractivity contribution is -0.142. The molecule has 26 heavy (non-hydrogen) atoms. The Bertz CT molecular complexity index is 868. The molecule has 2 aromatic rings. The van der Waals surface area contributed by atoms with E-state index in [4.69, 9.17) is 21.4 Å². The summed E-state index contributed by atoms with van der Waals surface area (Å²) in [4.78, 5) is 33.2. The Morgan fingerprint density at radius 1 is 1.19 bits per heavy atom. The minimum absolute atomic E-state index is 0.185. The lowest BCUT2D eigenvalue weighted by atomic mass is 10.0. The fourth-order valence-corrected chi connectivity index (χ4v) is 2.99. The molecule has 1 aliphatic heterocycles. The van der Waals surface area contributed by atoms with Gasteiger partial charge < -0.3 is 10.2 Å². The van der Waals surface area contributed by atoms with E-state index in [9.17, 15) is 9.59 Å². The smallest absolute Gasteiger partial charge is 0.329 e. The van der Waals surface area contributed by atoms with Gasteiger partial charge in [-0.05, 0) is 18.2 Å². The summed E-state index contributed by atoms with van der Waals surface area (Å²) in [5.74, 6) is -0.687. The number of benzodiazepines with no additional fused rings is 1. The Labute approximate surface area is 156 Å². The first-order valence-corrected chi connectivity index (χ1v) is 8.48. The van der Waals surface area contributed by atoms with E-state index in [1.165, 1.54) is 18.9 Å². The maximum Gasteiger partial charge on any atom is 0.329 e. The summed E-state index contributed by atoms with van der Waals surface area (Å²) in [6, 6.07) is 14.8. The fraction of sp³-hybridized carbons (Fsp3) is 0.211. The number of benzene rings is 2. The topological polar surface area (TPSA) is 71.0 Å². The normalized spacial score (nSPS) is 16.2. The summed E-state index contributed by atoms with van der Waals surface area (Å²) in [7, 11) is 0. The summed E-state index contributed by atoms with van der Waals surface area (Å²) in [5.41, 5.74) is 2.91. The Morgan fingerprint density at radius 3 is 2.58 bits per heavy atom. The van der Waals surface area contributed by atoms with Crippen LogP contribution >= 0.6 is 11.6 Å². The summed E-state index contributed by atoms with van der Waals surface area (Å²) >= 11 is 6.21. The molecule has 1 N–H and O–H groups in total. The maximum absolute atomic E-state index is 11.6. The van der Waals surface area contributed by atoms with E-state index >= 15 is 0 Å². The second kappa shape index (κ2) is 7.58. The first-order valence-electron chi connectivity index (χ1n) is 8.10. The van der Waals surface area contributed by atoms with Crippen LogP contribution in [0.15, 0.2) is 53.5 Å². The monoisotopic (exact) mass is 371 g/mol. The van der Waals surface area contributed by atoms with Crippen molar-refractivity contribution in [3.8, 4) is 0 Å². The number of nitrogens with one attached hydrogen (secondary N) is 1. The molecule has 0 spiro atoms. The predicted molar refractivity (Wildman–Crippen MR) is 100 cm³/mol. The average Bonchev–Trinajstić information content (AvgIpc) is 2.72. The lowest BCUT2D eigenvalue weighted by Gasteiger charge is -2.25. The van der Waals surface area contributed by atoms with Gasteiger partial charge in [-0.2, -0.15) is 0 Å². The van der Waals surface area contributed by atoms with Crippen LogP contribution in [0, 0.1) is 0 Å². The van der Waals surface area contributed by atoms with E-state index in [2.05, 4.69) is 5.32 Å². The number of aliphatic imine (C=N–C) groups is 1. The Balaban J connectivity index is 2.17. The number of fused-ring (bicyclic) bond motifs is 1. The maximum atomic E-state index is 11.6. The molecule has 1 heterocycles. The second-order valence-electron chi connectivity index (χ2n) is 5.87. The standard InChI is InChI=1S/C19H18ClN3O3/c1-12(24)21-18-11-23(26-13(2)25)17-9-8-15(20)10-16(17)19(22-18)14-6-4-3-5-7-14/h3-10,18H,11H2,1-2H3,(H,21,24). The van der Waals surface area contributed by atoms with Gasteiger partial charge in [0.15, 0.2) is 0 Å². The van der Waals surface area contributed by atoms with Gasteiger partial charge >= 0.3 is 5.97 Å². The van der Waals surface area contributed by atoms with Crippen molar-refractivity contribution >= 4 is 34.9 Å². The number of carbonyl (C=O) groups excluding carboxylic acids is 2. The second-order valence-corrected chi connectivity index (χ2v) is 6.30. The summed E-state index contributed by atoms with van der Waals surface area (Å²) in [6.07, 6.45) is -0.590. The van der Waals surface area contributed by atoms with Gasteiger partial charge in [-0.15, -0.1) is 0 Å². The van der Waals surface area contributed by atoms with Gasteiger partial charge in [0.1, 0.15) is 6.17 Å². The van der Waals surface area contributed by atoms with E-state index in [0.29, 0.717) is 16.4 Å². The Hall–Kier alpha value is -2.86. The molecule has 1 unspecified atom stereocenters. The highest BCUT2D eigenvalue weighted by atomic mass is 35.5. The zero-order valence-corrected chi connectivity index (χ0v) is 15.2. The molecule has 0 fully saturated rings. The zero-order valence-electron chi connectivity index (χ0n) is 14.4. The van der Waals surface area contributed by atoms with E-state index in [1.54, 1.807) is 18.2 Å². The van der Waals surface area contributed by atoms with Gasteiger partial charge in [0.25, 0.3) is 0 Å². The van der Waals surface area contributed by atoms with Crippen molar-refractivity contribution in [2.75, 3.05) is 11.6 Å². The Morgan fingerprint density at radius 2 is 1.92 bits per heavy atom. The molecule has 0 bridgehead atoms. The molecule has 134 valence electrons. The molecular weight excluding hydrogens is 354 g/mol. The lowest BCUT2D eigenvalue weighted by Crippen LogP contribution is -2.42. The van der Waals surface area contributed by atoms with Crippen molar-refractivity contribution in [2.24, 2.45) is 4.99 Å². The number of nitrogens with zero attached hydrogens (tertiary/aromatic N) is 2. The number of halogens is 1. The highest BCUT2D eigenvalue weighted by Crippen LogP contribution is 2.30. The van der Waals surface area contributed by atoms with Crippen molar-refractivity contribution in [1.82, 2.24) is 5.32 Å². The third-order valence-corrected chi connectivity index (χ3v) is 4.00. The van der Waals surface area contributed by atoms with Crippen molar-refractivity contribution in [3.05, 3.63) is 64.7 Å². The predicted octanol–water partition coefficient (Wildman–Crippen LogP) is 2.94. The van der Waals surface area contributed by atoms with Crippen molar-refractivity contribution < 1.29 is 14.4 Å². The number of amides is 1. The third-order valence-electron chi connectivity index (χ3n) is 3.76. The van der Waals surface area contributed by atoms with Crippen LogP contribution in [0.5, 0.6) is 0 Å². The molecule has 2 aromatic carbocycles. The summed E-state index contributed by atoms with van der Waals surface area (Å²) in [6.45, 7) is 2.93.